The molecule has 0 aromatic heterocycles. The molecule has 3 aliphatic rings. The van der Waals surface area contributed by atoms with E-state index >= 15 is 0 Å². The van der Waals surface area contributed by atoms with Gasteiger partial charge in [0.25, 0.3) is 22.0 Å². The molecule has 24 heavy (non-hydrogen) atoms. The molecule has 1 saturated heterocycles. The summed E-state index contributed by atoms with van der Waals surface area (Å²) in [6.45, 7) is 1.81. The van der Waals surface area contributed by atoms with E-state index in [1.165, 1.54) is 31.4 Å². The van der Waals surface area contributed by atoms with Crippen molar-refractivity contribution in [1.82, 2.24) is 4.31 Å². The summed E-state index contributed by atoms with van der Waals surface area (Å²) in [6, 6.07) is 3.87. The maximum absolute atomic E-state index is 12.9. The fourth-order valence-electron chi connectivity index (χ4n) is 3.20. The summed E-state index contributed by atoms with van der Waals surface area (Å²) in [5.41, 5.74) is -1.02. The lowest BCUT2D eigenvalue weighted by Gasteiger charge is -2.46. The summed E-state index contributed by atoms with van der Waals surface area (Å²) in [7, 11) is -2.96. The zero-order valence-corrected chi connectivity index (χ0v) is 13.9. The molecule has 1 aromatic carbocycles. The zero-order chi connectivity index (χ0) is 17.7. The third-order valence-electron chi connectivity index (χ3n) is 4.53. The Morgan fingerprint density at radius 3 is 2.50 bits per heavy atom. The van der Waals surface area contributed by atoms with Gasteiger partial charge < -0.3 is 4.74 Å². The highest BCUT2D eigenvalue weighted by molar-refractivity contribution is 7.89. The number of fused-ring (bicyclic) bond motifs is 2. The van der Waals surface area contributed by atoms with Gasteiger partial charge in [-0.25, -0.2) is 12.7 Å². The largest absolute Gasteiger partial charge is 0.358 e. The van der Waals surface area contributed by atoms with Gasteiger partial charge in [0, 0.05) is 18.5 Å². The van der Waals surface area contributed by atoms with E-state index in [4.69, 9.17) is 4.74 Å². The maximum Gasteiger partial charge on any atom is 0.280 e. The van der Waals surface area contributed by atoms with Crippen LogP contribution in [0.4, 0.5) is 0 Å². The monoisotopic (exact) mass is 352 g/mol. The van der Waals surface area contributed by atoms with Crippen molar-refractivity contribution in [1.29, 1.82) is 0 Å². The van der Waals surface area contributed by atoms with Crippen molar-refractivity contribution in [2.24, 2.45) is 0 Å². The number of hydrogen-bond acceptors (Lipinski definition) is 6. The third kappa shape index (κ3) is 2.15. The van der Waals surface area contributed by atoms with Gasteiger partial charge in [-0.3, -0.25) is 14.9 Å². The van der Waals surface area contributed by atoms with Crippen LogP contribution in [0.2, 0.25) is 0 Å². The van der Waals surface area contributed by atoms with Gasteiger partial charge in [-0.1, -0.05) is 23.8 Å². The average Bonchev–Trinajstić information content (AvgIpc) is 2.55. The molecular formula is C15H16N2O6S. The van der Waals surface area contributed by atoms with Crippen LogP contribution in [0.1, 0.15) is 12.0 Å². The fourth-order valence-corrected chi connectivity index (χ4v) is 4.78. The van der Waals surface area contributed by atoms with Gasteiger partial charge in [-0.2, -0.15) is 0 Å². The molecule has 1 amide bonds. The zero-order valence-electron chi connectivity index (χ0n) is 13.1. The highest BCUT2D eigenvalue weighted by Gasteiger charge is 2.64. The van der Waals surface area contributed by atoms with E-state index in [1.54, 1.807) is 12.1 Å². The Labute approximate surface area is 138 Å². The van der Waals surface area contributed by atoms with Crippen LogP contribution in [-0.2, 0) is 19.6 Å². The molecule has 3 atom stereocenters. The number of sulfonamides is 1. The Kier molecular flexibility index (Phi) is 3.72. The van der Waals surface area contributed by atoms with Crippen molar-refractivity contribution in [2.45, 2.75) is 35.9 Å². The Bertz CT molecular complexity index is 832. The molecule has 2 heterocycles. The SMILES string of the molecule is CO[C@]12C=C[C@H](C[C@@H]1[N+](=O)[O-])N(S(=O)(=O)c1ccc(C)cc1)C2=O. The number of nitro groups is 1. The summed E-state index contributed by atoms with van der Waals surface area (Å²) in [5, 5.41) is 11.3. The number of ether oxygens (including phenoxy) is 1. The highest BCUT2D eigenvalue weighted by atomic mass is 32.2. The molecule has 1 aromatic rings. The second-order valence-corrected chi connectivity index (χ2v) is 7.69. The number of aryl methyl sites for hydroxylation is 1. The van der Waals surface area contributed by atoms with Gasteiger partial charge in [0.2, 0.25) is 5.60 Å². The van der Waals surface area contributed by atoms with Crippen LogP contribution in [0.15, 0.2) is 41.3 Å². The number of methoxy groups -OCH3 is 1. The van der Waals surface area contributed by atoms with E-state index in [2.05, 4.69) is 0 Å². The van der Waals surface area contributed by atoms with Crippen molar-refractivity contribution >= 4 is 15.9 Å². The number of nitrogens with zero attached hydrogens (tertiary/aromatic N) is 2. The highest BCUT2D eigenvalue weighted by Crippen LogP contribution is 2.41. The van der Waals surface area contributed by atoms with E-state index in [-0.39, 0.29) is 11.3 Å². The Morgan fingerprint density at radius 1 is 1.33 bits per heavy atom. The summed E-state index contributed by atoms with van der Waals surface area (Å²) in [6.07, 6.45) is 2.67. The van der Waals surface area contributed by atoms with Gasteiger partial charge in [0.15, 0.2) is 0 Å². The van der Waals surface area contributed by atoms with Gasteiger partial charge in [0.1, 0.15) is 0 Å². The standard InChI is InChI=1S/C15H16N2O6S/c1-10-3-5-12(6-4-10)24(21,22)16-11-7-8-15(23-2,14(16)18)13(9-11)17(19)20/h3-8,11,13H,9H2,1-2H3/t11-,13+,15-/m1/s1. The lowest BCUT2D eigenvalue weighted by molar-refractivity contribution is -0.543. The smallest absolute Gasteiger partial charge is 0.280 e. The molecule has 0 saturated carbocycles. The minimum absolute atomic E-state index is 0.0358. The van der Waals surface area contributed by atoms with E-state index in [0.29, 0.717) is 4.31 Å². The van der Waals surface area contributed by atoms with Crippen molar-refractivity contribution < 1.29 is 22.9 Å². The van der Waals surface area contributed by atoms with Crippen LogP contribution < -0.4 is 0 Å². The molecule has 8 nitrogen and oxygen atoms in total. The lowest BCUT2D eigenvalue weighted by atomic mass is 9.78. The molecule has 9 heteroatoms. The maximum atomic E-state index is 12.9. The number of benzene rings is 1. The topological polar surface area (TPSA) is 107 Å². The van der Waals surface area contributed by atoms with Crippen molar-refractivity contribution in [2.75, 3.05) is 7.11 Å². The van der Waals surface area contributed by atoms with Crippen LogP contribution in [0, 0.1) is 17.0 Å². The molecule has 0 spiro atoms. The van der Waals surface area contributed by atoms with Crippen LogP contribution in [0.25, 0.3) is 0 Å². The van der Waals surface area contributed by atoms with Gasteiger partial charge >= 0.3 is 0 Å². The molecule has 2 bridgehead atoms. The van der Waals surface area contributed by atoms with Gasteiger partial charge in [0.05, 0.1) is 10.9 Å². The van der Waals surface area contributed by atoms with Crippen LogP contribution >= 0.6 is 0 Å². The second-order valence-electron chi connectivity index (χ2n) is 5.88. The van der Waals surface area contributed by atoms with E-state index in [0.717, 1.165) is 5.56 Å². The predicted octanol–water partition coefficient (Wildman–Crippen LogP) is 0.885. The normalized spacial score (nSPS) is 29.1. The van der Waals surface area contributed by atoms with Crippen molar-refractivity contribution in [3.63, 3.8) is 0 Å². The summed E-state index contributed by atoms with van der Waals surface area (Å²) >= 11 is 0. The Hall–Kier alpha value is -2.26. The summed E-state index contributed by atoms with van der Waals surface area (Å²) in [4.78, 5) is 23.5. The van der Waals surface area contributed by atoms with Crippen LogP contribution in [-0.4, -0.2) is 48.3 Å². The Morgan fingerprint density at radius 2 is 1.96 bits per heavy atom. The first kappa shape index (κ1) is 16.6. The van der Waals surface area contributed by atoms with Crippen LogP contribution in [0.5, 0.6) is 0 Å². The first-order valence-corrected chi connectivity index (χ1v) is 8.71. The molecule has 0 radical (unpaired) electrons. The van der Waals surface area contributed by atoms with Gasteiger partial charge in [-0.05, 0) is 25.1 Å². The number of amides is 1. The predicted molar refractivity (Wildman–Crippen MR) is 83.3 cm³/mol. The van der Waals surface area contributed by atoms with E-state index in [9.17, 15) is 23.3 Å². The number of carbonyl (C=O) groups is 1. The molecule has 128 valence electrons. The molecule has 0 unspecified atom stereocenters. The number of hydrogen-bond donors (Lipinski definition) is 0. The lowest BCUT2D eigenvalue weighted by Crippen LogP contribution is -2.69. The van der Waals surface area contributed by atoms with Crippen LogP contribution in [0.3, 0.4) is 0 Å². The minimum Gasteiger partial charge on any atom is -0.358 e. The van der Waals surface area contributed by atoms with Crippen molar-refractivity contribution in [3.8, 4) is 0 Å². The average molecular weight is 352 g/mol. The van der Waals surface area contributed by atoms with Crippen molar-refractivity contribution in [3.05, 3.63) is 52.1 Å². The molecular weight excluding hydrogens is 336 g/mol. The second kappa shape index (κ2) is 5.38. The first-order chi connectivity index (χ1) is 11.2. The van der Waals surface area contributed by atoms with E-state index in [1.807, 2.05) is 6.92 Å². The molecule has 2 aliphatic heterocycles. The van der Waals surface area contributed by atoms with E-state index < -0.39 is 38.5 Å². The molecule has 1 fully saturated rings. The number of carbonyl (C=O) groups excluding carboxylic acids is 1. The summed E-state index contributed by atoms with van der Waals surface area (Å²) in [5.74, 6) is -0.925. The summed E-state index contributed by atoms with van der Waals surface area (Å²) < 4.78 is 31.6. The Balaban J connectivity index is 2.09. The molecule has 1 aliphatic carbocycles. The molecule has 0 N–H and O–H groups in total. The molecule has 4 rings (SSSR count). The quantitative estimate of drug-likeness (QED) is 0.452. The first-order valence-electron chi connectivity index (χ1n) is 7.27. The van der Waals surface area contributed by atoms with Gasteiger partial charge in [-0.15, -0.1) is 0 Å². The number of piperidine rings is 1. The number of rotatable bonds is 4. The fraction of sp³-hybridized carbons (Fsp3) is 0.400. The third-order valence-corrected chi connectivity index (χ3v) is 6.35. The minimum atomic E-state index is -4.13.